The predicted molar refractivity (Wildman–Crippen MR) is 145 cm³/mol. The lowest BCUT2D eigenvalue weighted by Crippen LogP contribution is -2.39. The molecule has 0 saturated carbocycles. The minimum absolute atomic E-state index is 0.183. The van der Waals surface area contributed by atoms with Crippen LogP contribution in [0.3, 0.4) is 0 Å². The second-order valence-corrected chi connectivity index (χ2v) is 9.08. The molecule has 2 amide bonds. The Morgan fingerprint density at radius 3 is 2.46 bits per heavy atom. The second kappa shape index (κ2) is 10.1. The number of para-hydroxylation sites is 2. The van der Waals surface area contributed by atoms with Crippen LogP contribution in [0.2, 0.25) is 0 Å². The summed E-state index contributed by atoms with van der Waals surface area (Å²) in [5, 5.41) is 3.48. The maximum atomic E-state index is 13.8. The van der Waals surface area contributed by atoms with Crippen LogP contribution in [0, 0.1) is 13.8 Å². The minimum Gasteiger partial charge on any atom is -0.467 e. The van der Waals surface area contributed by atoms with Gasteiger partial charge in [-0.3, -0.25) is 9.36 Å². The lowest BCUT2D eigenvalue weighted by molar-refractivity contribution is 0.179. The summed E-state index contributed by atoms with van der Waals surface area (Å²) in [4.78, 5) is 34.0. The maximum absolute atomic E-state index is 13.8. The third-order valence-corrected chi connectivity index (χ3v) is 6.58. The number of amides is 2. The number of anilines is 1. The standard InChI is InChI=1S/C30H28N4O3/c1-20-15-16-24(18-21(20)2)34-28(32-27-14-8-7-13-26(27)29(34)35)22(3)33(19-25-12-9-17-37-25)30(36)31-23-10-5-4-6-11-23/h4-18,22H,19H2,1-3H3,(H,31,36). The molecule has 37 heavy (non-hydrogen) atoms. The van der Waals surface area contributed by atoms with Crippen molar-refractivity contribution >= 4 is 22.6 Å². The van der Waals surface area contributed by atoms with Gasteiger partial charge in [0.15, 0.2) is 0 Å². The molecule has 7 nitrogen and oxygen atoms in total. The van der Waals surface area contributed by atoms with Crippen LogP contribution >= 0.6 is 0 Å². The molecule has 0 spiro atoms. The Morgan fingerprint density at radius 1 is 0.973 bits per heavy atom. The van der Waals surface area contributed by atoms with E-state index in [1.807, 2.05) is 93.6 Å². The summed E-state index contributed by atoms with van der Waals surface area (Å²) in [6.07, 6.45) is 1.58. The van der Waals surface area contributed by atoms with Crippen LogP contribution in [0.4, 0.5) is 10.5 Å². The predicted octanol–water partition coefficient (Wildman–Crippen LogP) is 6.39. The van der Waals surface area contributed by atoms with E-state index in [-0.39, 0.29) is 18.1 Å². The highest BCUT2D eigenvalue weighted by Crippen LogP contribution is 2.26. The Bertz CT molecular complexity index is 1610. The van der Waals surface area contributed by atoms with Crippen molar-refractivity contribution in [3.63, 3.8) is 0 Å². The maximum Gasteiger partial charge on any atom is 0.322 e. The van der Waals surface area contributed by atoms with Crippen LogP contribution < -0.4 is 10.9 Å². The van der Waals surface area contributed by atoms with E-state index in [0.717, 1.165) is 11.1 Å². The summed E-state index contributed by atoms with van der Waals surface area (Å²) < 4.78 is 7.19. The van der Waals surface area contributed by atoms with Gasteiger partial charge in [0, 0.05) is 5.69 Å². The number of nitrogens with zero attached hydrogens (tertiary/aromatic N) is 3. The molecule has 1 unspecified atom stereocenters. The van der Waals surface area contributed by atoms with Crippen LogP contribution in [0.15, 0.2) is 100 Å². The normalized spacial score (nSPS) is 11.9. The molecule has 1 atom stereocenters. The first-order valence-electron chi connectivity index (χ1n) is 12.2. The Morgan fingerprint density at radius 2 is 1.73 bits per heavy atom. The monoisotopic (exact) mass is 492 g/mol. The molecule has 0 aliphatic heterocycles. The number of aryl methyl sites for hydroxylation is 2. The topological polar surface area (TPSA) is 80.4 Å². The summed E-state index contributed by atoms with van der Waals surface area (Å²) in [5.41, 5.74) is 3.96. The minimum atomic E-state index is -0.576. The molecule has 1 N–H and O–H groups in total. The van der Waals surface area contributed by atoms with Crippen LogP contribution in [-0.2, 0) is 6.54 Å². The molecule has 0 aliphatic rings. The SMILES string of the molecule is Cc1ccc(-n2c(C(C)N(Cc3ccco3)C(=O)Nc3ccccc3)nc3ccccc3c2=O)cc1C. The number of furan rings is 1. The van der Waals surface area contributed by atoms with Crippen molar-refractivity contribution < 1.29 is 9.21 Å². The first-order chi connectivity index (χ1) is 17.9. The Balaban J connectivity index is 1.66. The lowest BCUT2D eigenvalue weighted by atomic mass is 10.1. The van der Waals surface area contributed by atoms with E-state index in [1.54, 1.807) is 27.9 Å². The fraction of sp³-hybridized carbons (Fsp3) is 0.167. The third kappa shape index (κ3) is 4.89. The zero-order valence-electron chi connectivity index (χ0n) is 21.0. The van der Waals surface area contributed by atoms with Crippen molar-refractivity contribution in [2.24, 2.45) is 0 Å². The van der Waals surface area contributed by atoms with E-state index in [4.69, 9.17) is 9.40 Å². The number of fused-ring (bicyclic) bond motifs is 1. The Labute approximate surface area is 215 Å². The first kappa shape index (κ1) is 24.1. The van der Waals surface area contributed by atoms with E-state index in [0.29, 0.717) is 33.9 Å². The quantitative estimate of drug-likeness (QED) is 0.298. The number of nitrogens with one attached hydrogen (secondary N) is 1. The van der Waals surface area contributed by atoms with Gasteiger partial charge in [0.05, 0.1) is 35.4 Å². The van der Waals surface area contributed by atoms with Gasteiger partial charge in [-0.15, -0.1) is 0 Å². The summed E-state index contributed by atoms with van der Waals surface area (Å²) >= 11 is 0. The van der Waals surface area contributed by atoms with Crippen molar-refractivity contribution in [1.29, 1.82) is 0 Å². The van der Waals surface area contributed by atoms with Crippen molar-refractivity contribution in [3.8, 4) is 5.69 Å². The zero-order chi connectivity index (χ0) is 25.9. The van der Waals surface area contributed by atoms with Crippen LogP contribution in [0.1, 0.15) is 35.7 Å². The number of benzene rings is 3. The number of hydrogen-bond acceptors (Lipinski definition) is 4. The van der Waals surface area contributed by atoms with Crippen LogP contribution in [-0.4, -0.2) is 20.5 Å². The third-order valence-electron chi connectivity index (χ3n) is 6.58. The van der Waals surface area contributed by atoms with E-state index < -0.39 is 6.04 Å². The molecule has 0 saturated heterocycles. The molecular formula is C30H28N4O3. The molecule has 5 aromatic rings. The largest absolute Gasteiger partial charge is 0.467 e. The van der Waals surface area contributed by atoms with E-state index in [1.165, 1.54) is 0 Å². The van der Waals surface area contributed by atoms with Crippen molar-refractivity contribution in [1.82, 2.24) is 14.5 Å². The zero-order valence-corrected chi connectivity index (χ0v) is 21.0. The number of urea groups is 1. The van der Waals surface area contributed by atoms with Gasteiger partial charge in [-0.05, 0) is 80.4 Å². The van der Waals surface area contributed by atoms with E-state index in [2.05, 4.69) is 5.32 Å². The lowest BCUT2D eigenvalue weighted by Gasteiger charge is -2.30. The first-order valence-corrected chi connectivity index (χ1v) is 12.2. The smallest absolute Gasteiger partial charge is 0.322 e. The van der Waals surface area contributed by atoms with Gasteiger partial charge >= 0.3 is 6.03 Å². The number of carbonyl (C=O) groups is 1. The van der Waals surface area contributed by atoms with Crippen molar-refractivity contribution in [2.75, 3.05) is 5.32 Å². The van der Waals surface area contributed by atoms with Crippen LogP contribution in [0.25, 0.3) is 16.6 Å². The molecule has 5 rings (SSSR count). The number of rotatable bonds is 6. The molecule has 0 bridgehead atoms. The summed E-state index contributed by atoms with van der Waals surface area (Å²) in [7, 11) is 0. The average Bonchev–Trinajstić information content (AvgIpc) is 3.42. The molecule has 0 fully saturated rings. The van der Waals surface area contributed by atoms with Gasteiger partial charge in [-0.25, -0.2) is 9.78 Å². The molecule has 3 aromatic carbocycles. The summed E-state index contributed by atoms with van der Waals surface area (Å²) in [5.74, 6) is 1.08. The highest BCUT2D eigenvalue weighted by Gasteiger charge is 2.28. The molecule has 186 valence electrons. The Kier molecular flexibility index (Phi) is 6.60. The van der Waals surface area contributed by atoms with Gasteiger partial charge in [0.2, 0.25) is 0 Å². The van der Waals surface area contributed by atoms with E-state index in [9.17, 15) is 9.59 Å². The van der Waals surface area contributed by atoms with Gasteiger partial charge in [0.25, 0.3) is 5.56 Å². The molecule has 2 aromatic heterocycles. The number of carbonyl (C=O) groups excluding carboxylic acids is 1. The molecule has 0 aliphatic carbocycles. The van der Waals surface area contributed by atoms with Gasteiger partial charge in [-0.2, -0.15) is 0 Å². The number of hydrogen-bond donors (Lipinski definition) is 1. The molecule has 0 radical (unpaired) electrons. The molecule has 2 heterocycles. The average molecular weight is 493 g/mol. The number of aromatic nitrogens is 2. The fourth-order valence-corrected chi connectivity index (χ4v) is 4.36. The van der Waals surface area contributed by atoms with Gasteiger partial charge in [-0.1, -0.05) is 36.4 Å². The summed E-state index contributed by atoms with van der Waals surface area (Å²) in [6.45, 7) is 6.12. The van der Waals surface area contributed by atoms with Crippen molar-refractivity contribution in [2.45, 2.75) is 33.4 Å². The van der Waals surface area contributed by atoms with Crippen LogP contribution in [0.5, 0.6) is 0 Å². The van der Waals surface area contributed by atoms with Gasteiger partial charge < -0.3 is 14.6 Å². The second-order valence-electron chi connectivity index (χ2n) is 9.08. The molecular weight excluding hydrogens is 464 g/mol. The highest BCUT2D eigenvalue weighted by atomic mass is 16.3. The summed E-state index contributed by atoms with van der Waals surface area (Å²) in [6, 6.07) is 25.1. The highest BCUT2D eigenvalue weighted by molar-refractivity contribution is 5.89. The van der Waals surface area contributed by atoms with Crippen molar-refractivity contribution in [3.05, 3.63) is 124 Å². The van der Waals surface area contributed by atoms with E-state index >= 15 is 0 Å². The fourth-order valence-electron chi connectivity index (χ4n) is 4.36. The Hall–Kier alpha value is -4.65. The molecule has 7 heteroatoms. The van der Waals surface area contributed by atoms with Gasteiger partial charge in [0.1, 0.15) is 11.6 Å².